The lowest BCUT2D eigenvalue weighted by Crippen LogP contribution is -2.51. The van der Waals surface area contributed by atoms with Crippen LogP contribution >= 0.6 is 11.3 Å². The van der Waals surface area contributed by atoms with E-state index in [0.717, 1.165) is 36.5 Å². The quantitative estimate of drug-likeness (QED) is 0.926. The van der Waals surface area contributed by atoms with E-state index < -0.39 is 15.4 Å². The summed E-state index contributed by atoms with van der Waals surface area (Å²) >= 11 is 1.63. The molecule has 1 aromatic rings. The fourth-order valence-electron chi connectivity index (χ4n) is 3.05. The zero-order chi connectivity index (χ0) is 14.3. The molecule has 1 heterocycles. The highest BCUT2D eigenvalue weighted by Gasteiger charge is 2.50. The number of sulfone groups is 1. The molecule has 2 rings (SSSR count). The smallest absolute Gasteiger partial charge is 0.152 e. The lowest BCUT2D eigenvalue weighted by molar-refractivity contribution is 0.348. The third-order valence-electron chi connectivity index (χ3n) is 4.01. The summed E-state index contributed by atoms with van der Waals surface area (Å²) < 4.78 is 24.3. The number of hydrogen-bond acceptors (Lipinski definition) is 5. The summed E-state index contributed by atoms with van der Waals surface area (Å²) in [6.45, 7) is 6.80. The number of aromatic nitrogens is 1. The first-order valence-electron chi connectivity index (χ1n) is 6.69. The SMILES string of the molecule is CCNC1(c2nc(C)c(C)s2)CCCC1S(C)(=O)=O. The normalized spacial score (nSPS) is 27.9. The summed E-state index contributed by atoms with van der Waals surface area (Å²) in [5.74, 6) is 0. The fourth-order valence-corrected chi connectivity index (χ4v) is 5.93. The van der Waals surface area contributed by atoms with Crippen molar-refractivity contribution < 1.29 is 8.42 Å². The summed E-state index contributed by atoms with van der Waals surface area (Å²) in [6.07, 6.45) is 3.86. The molecule has 6 heteroatoms. The van der Waals surface area contributed by atoms with Crippen LogP contribution in [0, 0.1) is 13.8 Å². The molecule has 1 N–H and O–H groups in total. The van der Waals surface area contributed by atoms with Gasteiger partial charge in [0.2, 0.25) is 0 Å². The number of aryl methyl sites for hydroxylation is 2. The Kier molecular flexibility index (Phi) is 4.05. The summed E-state index contributed by atoms with van der Waals surface area (Å²) in [4.78, 5) is 5.81. The van der Waals surface area contributed by atoms with Gasteiger partial charge in [0.05, 0.1) is 16.5 Å². The molecule has 108 valence electrons. The van der Waals surface area contributed by atoms with Crippen LogP contribution in [0.4, 0.5) is 0 Å². The van der Waals surface area contributed by atoms with Crippen molar-refractivity contribution in [3.8, 4) is 0 Å². The van der Waals surface area contributed by atoms with Gasteiger partial charge in [-0.3, -0.25) is 0 Å². The van der Waals surface area contributed by atoms with Crippen LogP contribution in [-0.4, -0.2) is 31.5 Å². The van der Waals surface area contributed by atoms with E-state index in [2.05, 4.69) is 10.3 Å². The highest BCUT2D eigenvalue weighted by molar-refractivity contribution is 7.91. The number of thiazole rings is 1. The molecule has 0 aliphatic heterocycles. The van der Waals surface area contributed by atoms with Gasteiger partial charge in [-0.15, -0.1) is 11.3 Å². The largest absolute Gasteiger partial charge is 0.305 e. The molecule has 1 saturated carbocycles. The summed E-state index contributed by atoms with van der Waals surface area (Å²) in [5.41, 5.74) is 0.530. The second-order valence-corrected chi connectivity index (χ2v) is 8.80. The van der Waals surface area contributed by atoms with Gasteiger partial charge in [-0.1, -0.05) is 6.92 Å². The molecule has 0 bridgehead atoms. The first-order valence-corrected chi connectivity index (χ1v) is 9.46. The molecule has 4 nitrogen and oxygen atoms in total. The molecule has 2 atom stereocenters. The van der Waals surface area contributed by atoms with Gasteiger partial charge in [0, 0.05) is 11.1 Å². The van der Waals surface area contributed by atoms with Gasteiger partial charge in [-0.2, -0.15) is 0 Å². The van der Waals surface area contributed by atoms with Crippen LogP contribution in [0.25, 0.3) is 0 Å². The molecule has 1 aromatic heterocycles. The summed E-state index contributed by atoms with van der Waals surface area (Å²) in [5, 5.41) is 4.03. The van der Waals surface area contributed by atoms with E-state index in [1.165, 1.54) is 11.1 Å². The molecule has 0 amide bonds. The van der Waals surface area contributed by atoms with E-state index >= 15 is 0 Å². The standard InChI is InChI=1S/C13H22N2O2S2/c1-5-14-13(12-15-9(2)10(3)18-12)8-6-7-11(13)19(4,16)17/h11,14H,5-8H2,1-4H3. The van der Waals surface area contributed by atoms with Gasteiger partial charge in [0.1, 0.15) is 5.01 Å². The van der Waals surface area contributed by atoms with Gasteiger partial charge in [0.25, 0.3) is 0 Å². The summed E-state index contributed by atoms with van der Waals surface area (Å²) in [6, 6.07) is 0. The zero-order valence-corrected chi connectivity index (χ0v) is 13.6. The van der Waals surface area contributed by atoms with Crippen LogP contribution in [0.2, 0.25) is 0 Å². The van der Waals surface area contributed by atoms with Gasteiger partial charge in [-0.05, 0) is 39.7 Å². The first kappa shape index (κ1) is 14.9. The number of nitrogens with one attached hydrogen (secondary N) is 1. The topological polar surface area (TPSA) is 59.1 Å². The minimum absolute atomic E-state index is 0.357. The molecule has 19 heavy (non-hydrogen) atoms. The number of rotatable bonds is 4. The lowest BCUT2D eigenvalue weighted by atomic mass is 9.98. The van der Waals surface area contributed by atoms with E-state index in [1.54, 1.807) is 11.3 Å². The third kappa shape index (κ3) is 2.58. The van der Waals surface area contributed by atoms with E-state index in [4.69, 9.17) is 0 Å². The minimum atomic E-state index is -3.08. The second-order valence-electron chi connectivity index (χ2n) is 5.37. The highest BCUT2D eigenvalue weighted by atomic mass is 32.2. The van der Waals surface area contributed by atoms with Crippen molar-refractivity contribution in [1.29, 1.82) is 0 Å². The Hall–Kier alpha value is -0.460. The van der Waals surface area contributed by atoms with Gasteiger partial charge < -0.3 is 5.32 Å². The second kappa shape index (κ2) is 5.14. The predicted octanol–water partition coefficient (Wildman–Crippen LogP) is 2.16. The van der Waals surface area contributed by atoms with E-state index in [-0.39, 0.29) is 5.25 Å². The average molecular weight is 302 g/mol. The molecule has 0 aromatic carbocycles. The molecule has 1 fully saturated rings. The van der Waals surface area contributed by atoms with E-state index in [0.29, 0.717) is 0 Å². The van der Waals surface area contributed by atoms with Crippen LogP contribution in [0.3, 0.4) is 0 Å². The van der Waals surface area contributed by atoms with Crippen molar-refractivity contribution in [2.24, 2.45) is 0 Å². The molecule has 0 saturated heterocycles. The van der Waals surface area contributed by atoms with Crippen LogP contribution in [-0.2, 0) is 15.4 Å². The van der Waals surface area contributed by atoms with Gasteiger partial charge in [0.15, 0.2) is 9.84 Å². The minimum Gasteiger partial charge on any atom is -0.305 e. The fraction of sp³-hybridized carbons (Fsp3) is 0.769. The first-order chi connectivity index (χ1) is 8.81. The lowest BCUT2D eigenvalue weighted by Gasteiger charge is -2.33. The maximum Gasteiger partial charge on any atom is 0.152 e. The Morgan fingerprint density at radius 2 is 2.16 bits per heavy atom. The van der Waals surface area contributed by atoms with E-state index in [1.807, 2.05) is 20.8 Å². The summed E-state index contributed by atoms with van der Waals surface area (Å²) in [7, 11) is -3.08. The molecule has 2 unspecified atom stereocenters. The molecule has 1 aliphatic carbocycles. The Labute approximate surface area is 119 Å². The maximum atomic E-state index is 12.1. The van der Waals surface area contributed by atoms with Crippen LogP contribution < -0.4 is 5.32 Å². The molecular formula is C13H22N2O2S2. The van der Waals surface area contributed by atoms with Crippen molar-refractivity contribution in [3.05, 3.63) is 15.6 Å². The Morgan fingerprint density at radius 3 is 2.63 bits per heavy atom. The van der Waals surface area contributed by atoms with Crippen molar-refractivity contribution in [3.63, 3.8) is 0 Å². The molecule has 0 radical (unpaired) electrons. The Bertz CT molecular complexity index is 546. The highest BCUT2D eigenvalue weighted by Crippen LogP contribution is 2.44. The monoisotopic (exact) mass is 302 g/mol. The van der Waals surface area contributed by atoms with E-state index in [9.17, 15) is 8.42 Å². The average Bonchev–Trinajstić information content (AvgIpc) is 2.85. The molecular weight excluding hydrogens is 280 g/mol. The van der Waals surface area contributed by atoms with Crippen LogP contribution in [0.1, 0.15) is 41.8 Å². The number of nitrogens with zero attached hydrogens (tertiary/aromatic N) is 1. The van der Waals surface area contributed by atoms with Crippen molar-refractivity contribution in [1.82, 2.24) is 10.3 Å². The van der Waals surface area contributed by atoms with Crippen molar-refractivity contribution in [2.45, 2.75) is 50.8 Å². The van der Waals surface area contributed by atoms with Crippen LogP contribution in [0.5, 0.6) is 0 Å². The van der Waals surface area contributed by atoms with Crippen molar-refractivity contribution >= 4 is 21.2 Å². The van der Waals surface area contributed by atoms with Crippen molar-refractivity contribution in [2.75, 3.05) is 12.8 Å². The predicted molar refractivity (Wildman–Crippen MR) is 79.4 cm³/mol. The maximum absolute atomic E-state index is 12.1. The van der Waals surface area contributed by atoms with Gasteiger partial charge in [-0.25, -0.2) is 13.4 Å². The Balaban J connectivity index is 2.54. The Morgan fingerprint density at radius 1 is 1.47 bits per heavy atom. The molecule has 0 spiro atoms. The third-order valence-corrected chi connectivity index (χ3v) is 6.93. The van der Waals surface area contributed by atoms with Crippen LogP contribution in [0.15, 0.2) is 0 Å². The zero-order valence-electron chi connectivity index (χ0n) is 12.0. The molecule has 1 aliphatic rings. The number of hydrogen-bond donors (Lipinski definition) is 1. The van der Waals surface area contributed by atoms with Gasteiger partial charge >= 0.3 is 0 Å².